The maximum absolute atomic E-state index is 13.0. The molecule has 0 spiro atoms. The summed E-state index contributed by atoms with van der Waals surface area (Å²) in [6.07, 6.45) is 0.677. The molecule has 8 heteroatoms. The average Bonchev–Trinajstić information content (AvgIpc) is 3.04. The highest BCUT2D eigenvalue weighted by Crippen LogP contribution is 2.20. The van der Waals surface area contributed by atoms with Crippen molar-refractivity contribution in [1.82, 2.24) is 14.1 Å². The zero-order valence-corrected chi connectivity index (χ0v) is 18.5. The zero-order chi connectivity index (χ0) is 22.0. The molecular formula is C23H26N4O3S. The van der Waals surface area contributed by atoms with Gasteiger partial charge in [0.25, 0.3) is 5.56 Å². The predicted octanol–water partition coefficient (Wildman–Crippen LogP) is 2.75. The number of nitrogens with zero attached hydrogens (tertiary/aromatic N) is 4. The van der Waals surface area contributed by atoms with E-state index >= 15 is 0 Å². The molecule has 3 aromatic rings. The number of aryl methyl sites for hydroxylation is 2. The summed E-state index contributed by atoms with van der Waals surface area (Å²) in [7, 11) is -3.53. The lowest BCUT2D eigenvalue weighted by molar-refractivity contribution is 0.433. The molecule has 31 heavy (non-hydrogen) atoms. The quantitative estimate of drug-likeness (QED) is 0.626. The van der Waals surface area contributed by atoms with E-state index in [4.69, 9.17) is 0 Å². The highest BCUT2D eigenvalue weighted by Gasteiger charge is 2.27. The van der Waals surface area contributed by atoms with Gasteiger partial charge in [0.2, 0.25) is 10.0 Å². The molecule has 0 amide bonds. The van der Waals surface area contributed by atoms with Gasteiger partial charge in [-0.2, -0.15) is 8.99 Å². The third-order valence-electron chi connectivity index (χ3n) is 5.68. The smallest absolute Gasteiger partial charge is 0.271 e. The van der Waals surface area contributed by atoms with Crippen LogP contribution in [0.25, 0.3) is 5.69 Å². The van der Waals surface area contributed by atoms with Gasteiger partial charge in [0.05, 0.1) is 10.6 Å². The predicted molar refractivity (Wildman–Crippen MR) is 121 cm³/mol. The summed E-state index contributed by atoms with van der Waals surface area (Å²) in [4.78, 5) is 14.8. The van der Waals surface area contributed by atoms with Gasteiger partial charge >= 0.3 is 0 Å². The van der Waals surface area contributed by atoms with E-state index in [1.165, 1.54) is 15.1 Å². The van der Waals surface area contributed by atoms with Crippen LogP contribution in [0.3, 0.4) is 0 Å². The normalized spacial score (nSPS) is 15.6. The van der Waals surface area contributed by atoms with Gasteiger partial charge in [-0.3, -0.25) is 4.79 Å². The Balaban J connectivity index is 1.57. The fourth-order valence-electron chi connectivity index (χ4n) is 3.72. The first kappa shape index (κ1) is 21.3. The molecule has 162 valence electrons. The number of aromatic nitrogens is 2. The first-order valence-corrected chi connectivity index (χ1v) is 11.8. The van der Waals surface area contributed by atoms with Crippen LogP contribution in [-0.2, 0) is 10.0 Å². The molecule has 1 fully saturated rings. The SMILES string of the molecule is Cc1ccc(-n2nc(N3CCCN(S(=O)(=O)c4ccccc4)CC3)ccc2=O)cc1C. The Bertz CT molecular complexity index is 1240. The molecule has 1 aliphatic rings. The molecule has 0 atom stereocenters. The van der Waals surface area contributed by atoms with Crippen LogP contribution >= 0.6 is 0 Å². The number of hydrogen-bond donors (Lipinski definition) is 0. The Morgan fingerprint density at radius 2 is 1.61 bits per heavy atom. The molecule has 0 saturated carbocycles. The molecule has 0 N–H and O–H groups in total. The van der Waals surface area contributed by atoms with Crippen molar-refractivity contribution in [1.29, 1.82) is 0 Å². The zero-order valence-electron chi connectivity index (χ0n) is 17.7. The minimum Gasteiger partial charge on any atom is -0.354 e. The minimum atomic E-state index is -3.53. The lowest BCUT2D eigenvalue weighted by Gasteiger charge is -2.23. The van der Waals surface area contributed by atoms with Crippen LogP contribution < -0.4 is 10.5 Å². The van der Waals surface area contributed by atoms with E-state index in [1.807, 2.05) is 36.9 Å². The van der Waals surface area contributed by atoms with Crippen molar-refractivity contribution in [2.75, 3.05) is 31.1 Å². The van der Waals surface area contributed by atoms with Crippen molar-refractivity contribution in [2.45, 2.75) is 25.2 Å². The number of rotatable bonds is 4. The van der Waals surface area contributed by atoms with Crippen LogP contribution in [0, 0.1) is 13.8 Å². The third-order valence-corrected chi connectivity index (χ3v) is 7.59. The van der Waals surface area contributed by atoms with Crippen LogP contribution in [0.5, 0.6) is 0 Å². The maximum Gasteiger partial charge on any atom is 0.271 e. The number of benzene rings is 2. The standard InChI is InChI=1S/C23H26N4O3S/c1-18-9-10-20(17-19(18)2)27-23(28)12-11-22(24-27)25-13-6-14-26(16-15-25)31(29,30)21-7-4-3-5-8-21/h3-5,7-12,17H,6,13-16H2,1-2H3. The van der Waals surface area contributed by atoms with Gasteiger partial charge in [-0.1, -0.05) is 24.3 Å². The molecule has 7 nitrogen and oxygen atoms in total. The van der Waals surface area contributed by atoms with Crippen LogP contribution in [-0.4, -0.2) is 48.7 Å². The molecule has 0 bridgehead atoms. The molecule has 0 aliphatic carbocycles. The van der Waals surface area contributed by atoms with Crippen LogP contribution in [0.2, 0.25) is 0 Å². The fourth-order valence-corrected chi connectivity index (χ4v) is 5.21. The Morgan fingerprint density at radius 1 is 0.839 bits per heavy atom. The van der Waals surface area contributed by atoms with Crippen LogP contribution in [0.1, 0.15) is 17.5 Å². The van der Waals surface area contributed by atoms with E-state index in [0.29, 0.717) is 43.3 Å². The first-order chi connectivity index (χ1) is 14.9. The molecule has 1 aromatic heterocycles. The average molecular weight is 439 g/mol. The summed E-state index contributed by atoms with van der Waals surface area (Å²) in [5.74, 6) is 0.664. The summed E-state index contributed by atoms with van der Waals surface area (Å²) >= 11 is 0. The first-order valence-electron chi connectivity index (χ1n) is 10.3. The van der Waals surface area contributed by atoms with E-state index in [-0.39, 0.29) is 5.56 Å². The Kier molecular flexibility index (Phi) is 5.93. The van der Waals surface area contributed by atoms with Gasteiger partial charge in [0.15, 0.2) is 0 Å². The van der Waals surface area contributed by atoms with Crippen molar-refractivity contribution >= 4 is 15.8 Å². The molecule has 2 heterocycles. The van der Waals surface area contributed by atoms with Gasteiger partial charge in [-0.05, 0) is 61.7 Å². The van der Waals surface area contributed by atoms with Crippen molar-refractivity contribution < 1.29 is 8.42 Å². The van der Waals surface area contributed by atoms with Gasteiger partial charge in [0, 0.05) is 32.2 Å². The summed E-state index contributed by atoms with van der Waals surface area (Å²) in [5.41, 5.74) is 2.77. The highest BCUT2D eigenvalue weighted by atomic mass is 32.2. The number of anilines is 1. The Hall–Kier alpha value is -2.97. The van der Waals surface area contributed by atoms with Crippen molar-refractivity contribution in [3.63, 3.8) is 0 Å². The maximum atomic E-state index is 13.0. The minimum absolute atomic E-state index is 0.199. The summed E-state index contributed by atoms with van der Waals surface area (Å²) in [5, 5.41) is 4.59. The number of hydrogen-bond acceptors (Lipinski definition) is 5. The fraction of sp³-hybridized carbons (Fsp3) is 0.304. The van der Waals surface area contributed by atoms with Gasteiger partial charge in [0.1, 0.15) is 5.82 Å². The molecule has 0 radical (unpaired) electrons. The molecule has 1 saturated heterocycles. The van der Waals surface area contributed by atoms with E-state index in [0.717, 1.165) is 16.8 Å². The lowest BCUT2D eigenvalue weighted by Crippen LogP contribution is -2.36. The number of sulfonamides is 1. The van der Waals surface area contributed by atoms with Crippen LogP contribution in [0.15, 0.2) is 70.4 Å². The van der Waals surface area contributed by atoms with Crippen molar-refractivity contribution in [2.24, 2.45) is 0 Å². The molecule has 2 aromatic carbocycles. The van der Waals surface area contributed by atoms with Crippen LogP contribution in [0.4, 0.5) is 5.82 Å². The van der Waals surface area contributed by atoms with E-state index in [2.05, 4.69) is 5.10 Å². The topological polar surface area (TPSA) is 75.5 Å². The lowest BCUT2D eigenvalue weighted by atomic mass is 10.1. The van der Waals surface area contributed by atoms with E-state index in [1.54, 1.807) is 36.4 Å². The largest absolute Gasteiger partial charge is 0.354 e. The highest BCUT2D eigenvalue weighted by molar-refractivity contribution is 7.89. The monoisotopic (exact) mass is 438 g/mol. The summed E-state index contributed by atoms with van der Waals surface area (Å²) in [6, 6.07) is 17.6. The Morgan fingerprint density at radius 3 is 2.35 bits per heavy atom. The third kappa shape index (κ3) is 4.40. The van der Waals surface area contributed by atoms with Gasteiger partial charge < -0.3 is 4.90 Å². The molecule has 1 aliphatic heterocycles. The van der Waals surface area contributed by atoms with Crippen molar-refractivity contribution in [3.8, 4) is 5.69 Å². The van der Waals surface area contributed by atoms with E-state index < -0.39 is 10.0 Å². The van der Waals surface area contributed by atoms with Gasteiger partial charge in [-0.25, -0.2) is 8.42 Å². The van der Waals surface area contributed by atoms with Crippen molar-refractivity contribution in [3.05, 3.63) is 82.1 Å². The van der Waals surface area contributed by atoms with Gasteiger partial charge in [-0.15, -0.1) is 5.10 Å². The second-order valence-corrected chi connectivity index (χ2v) is 9.71. The van der Waals surface area contributed by atoms with E-state index in [9.17, 15) is 13.2 Å². The molecular weight excluding hydrogens is 412 g/mol. The second-order valence-electron chi connectivity index (χ2n) is 7.77. The summed E-state index contributed by atoms with van der Waals surface area (Å²) < 4.78 is 28.9. The Labute approximate surface area is 182 Å². The second kappa shape index (κ2) is 8.64. The summed E-state index contributed by atoms with van der Waals surface area (Å²) in [6.45, 7) is 6.01. The molecule has 0 unspecified atom stereocenters. The molecule has 4 rings (SSSR count).